The summed E-state index contributed by atoms with van der Waals surface area (Å²) in [4.78, 5) is 0. The van der Waals surface area contributed by atoms with Gasteiger partial charge in [0.05, 0.1) is 0 Å². The first-order valence-electron chi connectivity index (χ1n) is 19.1. The van der Waals surface area contributed by atoms with Crippen LogP contribution >= 0.6 is 69.6 Å². The van der Waals surface area contributed by atoms with Crippen molar-refractivity contribution in [3.63, 3.8) is 0 Å². The highest BCUT2D eigenvalue weighted by atomic mass is 35.6. The summed E-state index contributed by atoms with van der Waals surface area (Å²) in [7, 11) is 0. The van der Waals surface area contributed by atoms with Gasteiger partial charge in [0.25, 0.3) is 0 Å². The quantitative estimate of drug-likeness (QED) is 0.142. The summed E-state index contributed by atoms with van der Waals surface area (Å²) in [6.45, 7) is 0. The van der Waals surface area contributed by atoms with E-state index in [1.165, 1.54) is 43.8 Å². The van der Waals surface area contributed by atoms with Crippen molar-refractivity contribution in [2.45, 2.75) is 31.6 Å². The molecule has 3 heterocycles. The van der Waals surface area contributed by atoms with E-state index in [0.717, 1.165) is 45.3 Å². The number of ether oxygens (including phenoxy) is 3. The molecule has 0 unspecified atom stereocenters. The van der Waals surface area contributed by atoms with Crippen LogP contribution in [0.4, 0.5) is 0 Å². The molecule has 0 radical (unpaired) electrons. The minimum Gasteiger partial charge on any atom is -0.457 e. The maximum atomic E-state index is 8.35. The third-order valence-electron chi connectivity index (χ3n) is 12.0. The van der Waals surface area contributed by atoms with Crippen molar-refractivity contribution in [1.82, 2.24) is 0 Å². The fourth-order valence-corrected chi connectivity index (χ4v) is 10.2. The lowest BCUT2D eigenvalue weighted by molar-refractivity contribution is -0.0825. The average Bonchev–Trinajstić information content (AvgIpc) is 3.56. The van der Waals surface area contributed by atoms with E-state index in [0.29, 0.717) is 0 Å². The zero-order valence-corrected chi connectivity index (χ0v) is 35.5. The molecule has 3 aliphatic heterocycles. The minimum atomic E-state index is -0.922. The molecule has 1 aliphatic carbocycles. The largest absolute Gasteiger partial charge is 0.457 e. The zero-order chi connectivity index (χ0) is 40.5. The maximum absolute atomic E-state index is 8.35. The van der Waals surface area contributed by atoms with E-state index < -0.39 is 19.8 Å². The molecule has 1 saturated heterocycles. The first-order valence-corrected chi connectivity index (χ1v) is 21.7. The van der Waals surface area contributed by atoms with E-state index in [4.69, 9.17) is 83.8 Å². The highest BCUT2D eigenvalue weighted by Gasteiger charge is 2.71. The Balaban J connectivity index is 0.000000486. The van der Waals surface area contributed by atoms with E-state index in [2.05, 4.69) is 170 Å². The van der Waals surface area contributed by atoms with Gasteiger partial charge >= 0.3 is 0 Å². The molecule has 0 N–H and O–H groups in total. The fourth-order valence-electron chi connectivity index (χ4n) is 10.2. The van der Waals surface area contributed by atoms with E-state index in [9.17, 15) is 0 Å². The van der Waals surface area contributed by atoms with Gasteiger partial charge in [-0.1, -0.05) is 215 Å². The Morgan fingerprint density at radius 3 is 0.983 bits per heavy atom. The van der Waals surface area contributed by atoms with Gasteiger partial charge in [0.1, 0.15) is 34.2 Å². The van der Waals surface area contributed by atoms with E-state index in [1.54, 1.807) is 0 Å². The molecular formula is C50H32Cl6O3. The molecule has 4 aliphatic rings. The number of para-hydroxylation sites is 4. The standard InChI is InChI=1S/C48H30O3.2CHCl3/c1-3-15-31-29(13-1)25-27-33-43(31)44-32-16-4-2-14-30(32)26-28-34(44)46-45(33)47(35-17-5-9-21-39(35)49-40-22-10-6-18-36(40)47)51-48(46)37-19-7-11-23-41(37)50-42-24-12-8-20-38(42)48;2*2-1(3)4/h1-28,45-46H;2*1H/t45-,46-;;/m0../s1. The van der Waals surface area contributed by atoms with Crippen LogP contribution in [0.15, 0.2) is 170 Å². The molecule has 292 valence electrons. The molecule has 12 rings (SSSR count). The molecule has 8 aromatic carbocycles. The number of rotatable bonds is 0. The molecule has 1 fully saturated rings. The van der Waals surface area contributed by atoms with Crippen molar-refractivity contribution in [2.24, 2.45) is 0 Å². The molecule has 0 saturated carbocycles. The highest BCUT2D eigenvalue weighted by molar-refractivity contribution is 6.63. The van der Waals surface area contributed by atoms with Gasteiger partial charge in [-0.05, 0) is 68.1 Å². The van der Waals surface area contributed by atoms with Crippen molar-refractivity contribution >= 4 is 91.2 Å². The Morgan fingerprint density at radius 2 is 0.644 bits per heavy atom. The Morgan fingerprint density at radius 1 is 0.356 bits per heavy atom. The summed E-state index contributed by atoms with van der Waals surface area (Å²) in [6, 6.07) is 61.1. The Hall–Kier alpha value is -4.42. The average molecular weight is 894 g/mol. The molecule has 0 aromatic heterocycles. The van der Waals surface area contributed by atoms with Crippen LogP contribution < -0.4 is 9.47 Å². The van der Waals surface area contributed by atoms with Gasteiger partial charge in [-0.15, -0.1) is 0 Å². The Kier molecular flexibility index (Phi) is 10.0. The number of fused-ring (bicyclic) bond motifs is 20. The number of halogens is 6. The highest BCUT2D eigenvalue weighted by Crippen LogP contribution is 2.76. The van der Waals surface area contributed by atoms with Crippen molar-refractivity contribution in [2.75, 3.05) is 0 Å². The van der Waals surface area contributed by atoms with Crippen molar-refractivity contribution in [3.8, 4) is 34.1 Å². The van der Waals surface area contributed by atoms with Crippen LogP contribution in [0.25, 0.3) is 32.7 Å². The predicted octanol–water partition coefficient (Wildman–Crippen LogP) is 15.9. The monoisotopic (exact) mass is 890 g/mol. The van der Waals surface area contributed by atoms with Gasteiger partial charge in [-0.25, -0.2) is 0 Å². The van der Waals surface area contributed by atoms with Gasteiger partial charge < -0.3 is 14.2 Å². The summed E-state index contributed by atoms with van der Waals surface area (Å²) in [5.74, 6) is 3.02. The lowest BCUT2D eigenvalue weighted by atomic mass is 9.57. The Labute approximate surface area is 371 Å². The van der Waals surface area contributed by atoms with Gasteiger partial charge in [0, 0.05) is 34.1 Å². The second-order valence-electron chi connectivity index (χ2n) is 14.7. The van der Waals surface area contributed by atoms with Gasteiger partial charge in [-0.3, -0.25) is 0 Å². The SMILES string of the molecule is ClC(Cl)Cl.ClC(Cl)Cl.c1ccc2c(c1)Oc1ccccc1C21OC2(c3ccccc3Oc3ccccc32)[C@H]2c3ccc4ccccc4c3-c3c(ccc4ccccc34)[C@@H]21. The summed E-state index contributed by atoms with van der Waals surface area (Å²) in [6.07, 6.45) is 0. The topological polar surface area (TPSA) is 27.7 Å². The summed E-state index contributed by atoms with van der Waals surface area (Å²) in [5, 5.41) is 4.96. The third kappa shape index (κ3) is 6.04. The second-order valence-corrected chi connectivity index (χ2v) is 18.7. The maximum Gasteiger partial charge on any atom is 0.180 e. The summed E-state index contributed by atoms with van der Waals surface area (Å²) >= 11 is 28.8. The summed E-state index contributed by atoms with van der Waals surface area (Å²) in [5.41, 5.74) is 7.47. The Bertz CT molecular complexity index is 2620. The molecule has 3 nitrogen and oxygen atoms in total. The van der Waals surface area contributed by atoms with Crippen molar-refractivity contribution in [1.29, 1.82) is 0 Å². The van der Waals surface area contributed by atoms with Crippen molar-refractivity contribution in [3.05, 3.63) is 203 Å². The normalized spacial score (nSPS) is 17.8. The van der Waals surface area contributed by atoms with Crippen LogP contribution in [0, 0.1) is 0 Å². The predicted molar refractivity (Wildman–Crippen MR) is 244 cm³/mol. The molecule has 2 spiro atoms. The van der Waals surface area contributed by atoms with Crippen molar-refractivity contribution < 1.29 is 14.2 Å². The van der Waals surface area contributed by atoms with Gasteiger partial charge in [-0.2, -0.15) is 0 Å². The van der Waals surface area contributed by atoms with E-state index >= 15 is 0 Å². The third-order valence-corrected chi connectivity index (χ3v) is 12.0. The first kappa shape index (κ1) is 38.8. The van der Waals surface area contributed by atoms with Crippen LogP contribution in [-0.2, 0) is 15.9 Å². The molecular weight excluding hydrogens is 861 g/mol. The molecule has 2 atom stereocenters. The van der Waals surface area contributed by atoms with Crippen LogP contribution in [-0.4, -0.2) is 8.59 Å². The minimum absolute atomic E-state index is 0.142. The number of hydrogen-bond donors (Lipinski definition) is 0. The van der Waals surface area contributed by atoms with Gasteiger partial charge in [0.15, 0.2) is 8.59 Å². The second kappa shape index (κ2) is 15.2. The molecule has 0 amide bonds. The smallest absolute Gasteiger partial charge is 0.180 e. The van der Waals surface area contributed by atoms with E-state index in [-0.39, 0.29) is 11.8 Å². The van der Waals surface area contributed by atoms with Crippen LogP contribution in [0.5, 0.6) is 23.0 Å². The van der Waals surface area contributed by atoms with Gasteiger partial charge in [0.2, 0.25) is 0 Å². The number of benzene rings is 8. The molecule has 0 bridgehead atoms. The van der Waals surface area contributed by atoms with Crippen LogP contribution in [0.1, 0.15) is 45.2 Å². The van der Waals surface area contributed by atoms with Crippen LogP contribution in [0.2, 0.25) is 0 Å². The van der Waals surface area contributed by atoms with Crippen LogP contribution in [0.3, 0.4) is 0 Å². The molecule has 59 heavy (non-hydrogen) atoms. The molecule has 9 heteroatoms. The van der Waals surface area contributed by atoms with E-state index in [1.807, 2.05) is 0 Å². The number of alkyl halides is 6. The fraction of sp³-hybridized carbons (Fsp3) is 0.120. The summed E-state index contributed by atoms with van der Waals surface area (Å²) < 4.78 is 20.3. The molecule has 8 aromatic rings. The zero-order valence-electron chi connectivity index (χ0n) is 31.0. The number of hydrogen-bond acceptors (Lipinski definition) is 3. The lowest BCUT2D eigenvalue weighted by Crippen LogP contribution is -2.39. The lowest BCUT2D eigenvalue weighted by Gasteiger charge is -2.44. The first-order chi connectivity index (χ1) is 28.7.